The number of nitrogens with zero attached hydrogens (tertiary/aromatic N) is 4. The van der Waals surface area contributed by atoms with Crippen LogP contribution in [0.3, 0.4) is 0 Å². The van der Waals surface area contributed by atoms with Gasteiger partial charge in [-0.25, -0.2) is 4.98 Å². The van der Waals surface area contributed by atoms with Gasteiger partial charge in [0.2, 0.25) is 0 Å². The molecule has 0 aliphatic rings. The summed E-state index contributed by atoms with van der Waals surface area (Å²) in [6.45, 7) is 0. The molecule has 6 heteroatoms. The quantitative estimate of drug-likeness (QED) is 0.112. The molecule has 0 N–H and O–H groups in total. The maximum atomic E-state index is 5.05. The van der Waals surface area contributed by atoms with Gasteiger partial charge in [-0.15, -0.1) is 22.7 Å². The van der Waals surface area contributed by atoms with E-state index in [2.05, 4.69) is 268 Å². The normalized spacial score (nSPS) is 12.1. The van der Waals surface area contributed by atoms with E-state index in [1.54, 1.807) is 11.3 Å². The molecule has 0 saturated carbocycles. The molecule has 368 valence electrons. The Hall–Kier alpha value is -9.85. The van der Waals surface area contributed by atoms with Crippen molar-refractivity contribution in [1.82, 2.24) is 9.38 Å². The number of hydrogen-bond acceptors (Lipinski definition) is 5. The summed E-state index contributed by atoms with van der Waals surface area (Å²) in [5, 5.41) is 21.0. The molecular formula is C73H44N4S2. The molecule has 5 aromatic heterocycles. The third kappa shape index (κ3) is 6.63. The minimum absolute atomic E-state index is 0.858. The molecule has 0 saturated heterocycles. The summed E-state index contributed by atoms with van der Waals surface area (Å²) >= 11 is 3.61. The van der Waals surface area contributed by atoms with Gasteiger partial charge in [0, 0.05) is 70.1 Å². The zero-order valence-corrected chi connectivity index (χ0v) is 44.1. The molecular weight excluding hydrogens is 997 g/mol. The molecule has 79 heavy (non-hydrogen) atoms. The number of fused-ring (bicyclic) bond motifs is 16. The summed E-state index contributed by atoms with van der Waals surface area (Å²) in [5.41, 5.74) is 12.6. The standard InChI is InChI=1S/C73H44N4S2/c1-3-17-45(18-4-1)52-38-34-49(41-62(52)46-19-5-2-6-20-46)75(51-43-67(78-44-51)76(66-31-13-14-40-74-66)50-35-39-56-59-36-32-47-21-7-8-23-53(47)73(59)79-65(56)42-50)63-29-16-30-64-70(63)61-37-33-48-22-15-28-60-68(48)72(61)77(64)71-58-27-12-10-25-55(58)54-24-9-11-26-57(54)69(60)71/h1-44H. The highest BCUT2D eigenvalue weighted by molar-refractivity contribution is 7.26. The monoisotopic (exact) mass is 1040 g/mol. The Bertz CT molecular complexity index is 5270. The lowest BCUT2D eigenvalue weighted by atomic mass is 9.92. The lowest BCUT2D eigenvalue weighted by Crippen LogP contribution is -2.11. The van der Waals surface area contributed by atoms with Crippen LogP contribution in [0.5, 0.6) is 0 Å². The van der Waals surface area contributed by atoms with Crippen molar-refractivity contribution < 1.29 is 0 Å². The van der Waals surface area contributed by atoms with Crippen molar-refractivity contribution in [2.45, 2.75) is 0 Å². The smallest absolute Gasteiger partial charge is 0.138 e. The van der Waals surface area contributed by atoms with E-state index in [1.165, 1.54) is 118 Å². The fourth-order valence-electron chi connectivity index (χ4n) is 13.0. The van der Waals surface area contributed by atoms with Crippen LogP contribution in [0.15, 0.2) is 266 Å². The van der Waals surface area contributed by atoms with Crippen LogP contribution in [0.4, 0.5) is 33.6 Å². The van der Waals surface area contributed by atoms with Gasteiger partial charge in [0.15, 0.2) is 0 Å². The van der Waals surface area contributed by atoms with E-state index in [0.29, 0.717) is 0 Å². The van der Waals surface area contributed by atoms with Crippen molar-refractivity contribution in [2.75, 3.05) is 9.80 Å². The maximum Gasteiger partial charge on any atom is 0.138 e. The van der Waals surface area contributed by atoms with E-state index in [9.17, 15) is 0 Å². The van der Waals surface area contributed by atoms with E-state index in [4.69, 9.17) is 4.98 Å². The molecule has 4 nitrogen and oxygen atoms in total. The summed E-state index contributed by atoms with van der Waals surface area (Å²) in [6, 6.07) is 93.9. The first-order valence-corrected chi connectivity index (χ1v) is 28.5. The van der Waals surface area contributed by atoms with Gasteiger partial charge in [0.05, 0.1) is 27.9 Å². The Balaban J connectivity index is 0.945. The average molecular weight is 1040 g/mol. The third-order valence-corrected chi connectivity index (χ3v) is 18.5. The number of rotatable bonds is 8. The number of thiophene rings is 2. The molecule has 0 radical (unpaired) electrons. The minimum atomic E-state index is 0.858. The first kappa shape index (κ1) is 44.3. The van der Waals surface area contributed by atoms with Gasteiger partial charge in [-0.05, 0) is 115 Å². The number of pyridine rings is 2. The van der Waals surface area contributed by atoms with Gasteiger partial charge in [0.25, 0.3) is 0 Å². The first-order valence-electron chi connectivity index (χ1n) is 26.8. The maximum absolute atomic E-state index is 5.05. The second-order valence-corrected chi connectivity index (χ2v) is 22.5. The van der Waals surface area contributed by atoms with E-state index >= 15 is 0 Å². The van der Waals surface area contributed by atoms with Crippen LogP contribution in [-0.4, -0.2) is 9.38 Å². The number of hydrogen-bond donors (Lipinski definition) is 0. The highest BCUT2D eigenvalue weighted by Crippen LogP contribution is 2.52. The lowest BCUT2D eigenvalue weighted by Gasteiger charge is -2.27. The molecule has 12 aromatic carbocycles. The molecule has 0 amide bonds. The third-order valence-electron chi connectivity index (χ3n) is 16.4. The number of anilines is 6. The fourth-order valence-corrected chi connectivity index (χ4v) is 15.2. The van der Waals surface area contributed by atoms with Crippen molar-refractivity contribution in [2.24, 2.45) is 0 Å². The fraction of sp³-hybridized carbons (Fsp3) is 0. The Morgan fingerprint density at radius 1 is 0.367 bits per heavy atom. The van der Waals surface area contributed by atoms with Crippen LogP contribution in [0.25, 0.3) is 124 Å². The molecule has 0 bridgehead atoms. The Morgan fingerprint density at radius 3 is 1.82 bits per heavy atom. The van der Waals surface area contributed by atoms with Crippen molar-refractivity contribution in [3.63, 3.8) is 0 Å². The molecule has 0 spiro atoms. The van der Waals surface area contributed by atoms with Crippen LogP contribution in [0, 0.1) is 0 Å². The Labute approximate surface area is 462 Å². The molecule has 17 aromatic rings. The van der Waals surface area contributed by atoms with Crippen LogP contribution >= 0.6 is 22.7 Å². The van der Waals surface area contributed by atoms with Crippen LogP contribution in [0.1, 0.15) is 0 Å². The highest BCUT2D eigenvalue weighted by atomic mass is 32.1. The summed E-state index contributed by atoms with van der Waals surface area (Å²) in [5.74, 6) is 0.858. The summed E-state index contributed by atoms with van der Waals surface area (Å²) < 4.78 is 5.17. The summed E-state index contributed by atoms with van der Waals surface area (Å²) in [7, 11) is 0. The Morgan fingerprint density at radius 2 is 1.00 bits per heavy atom. The molecule has 17 rings (SSSR count). The molecule has 0 unspecified atom stereocenters. The summed E-state index contributed by atoms with van der Waals surface area (Å²) in [6.07, 6.45) is 1.90. The minimum Gasteiger partial charge on any atom is -0.309 e. The van der Waals surface area contributed by atoms with Crippen LogP contribution in [-0.2, 0) is 0 Å². The first-order chi connectivity index (χ1) is 39.2. The van der Waals surface area contributed by atoms with E-state index in [-0.39, 0.29) is 0 Å². The van der Waals surface area contributed by atoms with Gasteiger partial charge in [0.1, 0.15) is 10.8 Å². The van der Waals surface area contributed by atoms with Gasteiger partial charge in [-0.2, -0.15) is 0 Å². The largest absolute Gasteiger partial charge is 0.309 e. The lowest BCUT2D eigenvalue weighted by molar-refractivity contribution is 1.20. The SMILES string of the molecule is c1ccc(-c2ccc(N(c3csc(N(c4ccc5c(c4)sc4c6ccccc6ccc54)c4ccccn4)c3)c3cccc4c3c3ccc5cccc6c5c3n4c3c4ccccc4c4ccccc4c63)cc2-c2ccccc2)cc1. The van der Waals surface area contributed by atoms with Gasteiger partial charge < -0.3 is 9.30 Å². The van der Waals surface area contributed by atoms with E-state index < -0.39 is 0 Å². The van der Waals surface area contributed by atoms with Crippen molar-refractivity contribution >= 4 is 158 Å². The highest BCUT2D eigenvalue weighted by Gasteiger charge is 2.28. The van der Waals surface area contributed by atoms with E-state index in [1.807, 2.05) is 23.6 Å². The van der Waals surface area contributed by atoms with E-state index in [0.717, 1.165) is 39.1 Å². The van der Waals surface area contributed by atoms with Gasteiger partial charge in [-0.3, -0.25) is 4.90 Å². The van der Waals surface area contributed by atoms with Gasteiger partial charge in [-0.1, -0.05) is 200 Å². The second kappa shape index (κ2) is 17.3. The molecule has 0 fully saturated rings. The molecule has 0 aliphatic heterocycles. The zero-order valence-electron chi connectivity index (χ0n) is 42.5. The van der Waals surface area contributed by atoms with Crippen molar-refractivity contribution in [1.29, 1.82) is 0 Å². The second-order valence-electron chi connectivity index (χ2n) is 20.6. The number of aromatic nitrogens is 2. The molecule has 0 atom stereocenters. The molecule has 5 heterocycles. The summed E-state index contributed by atoms with van der Waals surface area (Å²) in [4.78, 5) is 9.89. The van der Waals surface area contributed by atoms with Crippen LogP contribution in [0.2, 0.25) is 0 Å². The topological polar surface area (TPSA) is 23.8 Å². The Kier molecular flexibility index (Phi) is 9.72. The van der Waals surface area contributed by atoms with Crippen molar-refractivity contribution in [3.05, 3.63) is 266 Å². The molecule has 0 aliphatic carbocycles. The van der Waals surface area contributed by atoms with Crippen molar-refractivity contribution in [3.8, 4) is 22.3 Å². The predicted molar refractivity (Wildman–Crippen MR) is 340 cm³/mol. The zero-order chi connectivity index (χ0) is 51.7. The average Bonchev–Trinajstić information content (AvgIpc) is 3.55. The van der Waals surface area contributed by atoms with Crippen LogP contribution < -0.4 is 9.80 Å². The number of benzene rings is 12. The predicted octanol–water partition coefficient (Wildman–Crippen LogP) is 21.5. The van der Waals surface area contributed by atoms with Gasteiger partial charge >= 0.3 is 0 Å².